The van der Waals surface area contributed by atoms with E-state index in [1.165, 1.54) is 0 Å². The van der Waals surface area contributed by atoms with E-state index in [0.29, 0.717) is 53.4 Å². The largest absolute Gasteiger partial charge is 0.495 e. The molecule has 3 aromatic carbocycles. The Morgan fingerprint density at radius 3 is 2.57 bits per heavy atom. The average Bonchev–Trinajstić information content (AvgIpc) is 2.92. The number of hydrogen-bond acceptors (Lipinski definition) is 5. The fourth-order valence-electron chi connectivity index (χ4n) is 5.07. The minimum absolute atomic E-state index is 0.00503. The van der Waals surface area contributed by atoms with Crippen LogP contribution in [0.5, 0.6) is 5.75 Å². The highest BCUT2D eigenvalue weighted by molar-refractivity contribution is 9.10. The predicted molar refractivity (Wildman–Crippen MR) is 149 cm³/mol. The summed E-state index contributed by atoms with van der Waals surface area (Å²) in [5.74, 6) is 1.27. The first-order valence-corrected chi connectivity index (χ1v) is 13.1. The molecule has 1 saturated heterocycles. The van der Waals surface area contributed by atoms with Gasteiger partial charge in [-0.15, -0.1) is 0 Å². The molecule has 1 amide bonds. The second kappa shape index (κ2) is 10.5. The number of para-hydroxylation sites is 3. The maximum absolute atomic E-state index is 13.8. The second-order valence-corrected chi connectivity index (χ2v) is 10.2. The van der Waals surface area contributed by atoms with Crippen LogP contribution < -0.4 is 10.3 Å². The van der Waals surface area contributed by atoms with Crippen molar-refractivity contribution in [1.29, 1.82) is 0 Å². The Hall–Kier alpha value is -3.49. The minimum Gasteiger partial charge on any atom is -0.495 e. The Morgan fingerprint density at radius 1 is 1.05 bits per heavy atom. The molecule has 1 aliphatic rings. The number of nitrogens with zero attached hydrogens (tertiary/aromatic N) is 4. The quantitative estimate of drug-likeness (QED) is 0.341. The van der Waals surface area contributed by atoms with Crippen molar-refractivity contribution in [2.24, 2.45) is 0 Å². The van der Waals surface area contributed by atoms with Crippen molar-refractivity contribution >= 4 is 32.7 Å². The van der Waals surface area contributed by atoms with E-state index in [0.717, 1.165) is 4.47 Å². The summed E-state index contributed by atoms with van der Waals surface area (Å²) in [7, 11) is 1.60. The lowest BCUT2D eigenvalue weighted by atomic mass is 10.1. The van der Waals surface area contributed by atoms with Crippen molar-refractivity contribution in [3.8, 4) is 11.4 Å². The Labute approximate surface area is 224 Å². The molecule has 1 fully saturated rings. The third-order valence-electron chi connectivity index (χ3n) is 7.04. The highest BCUT2D eigenvalue weighted by Gasteiger charge is 2.32. The molecule has 37 heavy (non-hydrogen) atoms. The molecule has 7 nitrogen and oxygen atoms in total. The predicted octanol–water partition coefficient (Wildman–Crippen LogP) is 5.06. The Morgan fingerprint density at radius 2 is 1.81 bits per heavy atom. The number of rotatable bonds is 5. The van der Waals surface area contributed by atoms with Gasteiger partial charge < -0.3 is 9.64 Å². The second-order valence-electron chi connectivity index (χ2n) is 9.33. The number of carbonyl (C=O) groups excluding carboxylic acids is 1. The lowest BCUT2D eigenvalue weighted by Crippen LogP contribution is -2.54. The summed E-state index contributed by atoms with van der Waals surface area (Å²) in [5.41, 5.74) is 1.86. The van der Waals surface area contributed by atoms with Gasteiger partial charge in [0.25, 0.3) is 11.5 Å². The SMILES string of the molecule is COc1ccccc1-n1c(C(C)N2CCN(C(=O)c3cccc(Br)c3)C(C)C2)nc2ccccc2c1=O. The molecule has 8 heteroatoms. The van der Waals surface area contributed by atoms with Gasteiger partial charge in [0, 0.05) is 35.7 Å². The molecule has 0 radical (unpaired) electrons. The maximum Gasteiger partial charge on any atom is 0.266 e. The summed E-state index contributed by atoms with van der Waals surface area (Å²) >= 11 is 3.46. The number of amides is 1. The van der Waals surface area contributed by atoms with Crippen LogP contribution >= 0.6 is 15.9 Å². The van der Waals surface area contributed by atoms with Crippen molar-refractivity contribution in [3.05, 3.63) is 99.0 Å². The van der Waals surface area contributed by atoms with E-state index in [2.05, 4.69) is 34.7 Å². The van der Waals surface area contributed by atoms with Crippen LogP contribution in [0.25, 0.3) is 16.6 Å². The van der Waals surface area contributed by atoms with Gasteiger partial charge in [-0.05, 0) is 56.3 Å². The number of methoxy groups -OCH3 is 1. The van der Waals surface area contributed by atoms with Gasteiger partial charge >= 0.3 is 0 Å². The highest BCUT2D eigenvalue weighted by Crippen LogP contribution is 2.29. The standard InChI is InChI=1S/C29H29BrN4O3/c1-19-18-32(15-16-33(19)28(35)21-9-8-10-22(30)17-21)20(2)27-31-24-12-5-4-11-23(24)29(36)34(27)25-13-6-7-14-26(25)37-3/h4-14,17,19-20H,15-16,18H2,1-3H3. The number of benzene rings is 3. The number of piperazine rings is 1. The van der Waals surface area contributed by atoms with Crippen molar-refractivity contribution in [3.63, 3.8) is 0 Å². The van der Waals surface area contributed by atoms with E-state index in [1.807, 2.05) is 71.6 Å². The van der Waals surface area contributed by atoms with Crippen molar-refractivity contribution in [2.45, 2.75) is 25.9 Å². The topological polar surface area (TPSA) is 67.7 Å². The molecule has 1 aromatic heterocycles. The third-order valence-corrected chi connectivity index (χ3v) is 7.53. The molecule has 190 valence electrons. The van der Waals surface area contributed by atoms with Gasteiger partial charge in [0.1, 0.15) is 11.6 Å². The Bertz CT molecular complexity index is 1520. The molecule has 0 N–H and O–H groups in total. The molecule has 0 saturated carbocycles. The van der Waals surface area contributed by atoms with Crippen LogP contribution in [0.3, 0.4) is 0 Å². The van der Waals surface area contributed by atoms with E-state index in [4.69, 9.17) is 9.72 Å². The molecule has 0 spiro atoms. The number of hydrogen-bond donors (Lipinski definition) is 0. The first-order chi connectivity index (χ1) is 17.9. The van der Waals surface area contributed by atoms with Gasteiger partial charge in [0.05, 0.1) is 29.7 Å². The molecular weight excluding hydrogens is 532 g/mol. The van der Waals surface area contributed by atoms with Crippen LogP contribution in [0, 0.1) is 0 Å². The van der Waals surface area contributed by atoms with Crippen LogP contribution in [0.4, 0.5) is 0 Å². The summed E-state index contributed by atoms with van der Waals surface area (Å²) in [6, 6.07) is 22.2. The molecule has 5 rings (SSSR count). The Balaban J connectivity index is 1.50. The van der Waals surface area contributed by atoms with Crippen LogP contribution in [-0.4, -0.2) is 58.0 Å². The first-order valence-electron chi connectivity index (χ1n) is 12.3. The third kappa shape index (κ3) is 4.79. The minimum atomic E-state index is -0.173. The molecule has 0 aliphatic carbocycles. The molecule has 2 heterocycles. The average molecular weight is 561 g/mol. The summed E-state index contributed by atoms with van der Waals surface area (Å²) in [4.78, 5) is 36.2. The number of aromatic nitrogens is 2. The van der Waals surface area contributed by atoms with Gasteiger partial charge in [-0.1, -0.05) is 46.3 Å². The maximum atomic E-state index is 13.8. The monoisotopic (exact) mass is 560 g/mol. The molecule has 2 atom stereocenters. The zero-order chi connectivity index (χ0) is 26.1. The van der Waals surface area contributed by atoms with Crippen molar-refractivity contribution in [2.75, 3.05) is 26.7 Å². The number of carbonyl (C=O) groups is 1. The van der Waals surface area contributed by atoms with E-state index in [1.54, 1.807) is 17.7 Å². The van der Waals surface area contributed by atoms with Gasteiger partial charge in [-0.2, -0.15) is 0 Å². The van der Waals surface area contributed by atoms with Gasteiger partial charge in [-0.25, -0.2) is 4.98 Å². The van der Waals surface area contributed by atoms with Crippen molar-refractivity contribution in [1.82, 2.24) is 19.4 Å². The number of ether oxygens (including phenoxy) is 1. The van der Waals surface area contributed by atoms with Crippen LogP contribution in [0.15, 0.2) is 82.1 Å². The van der Waals surface area contributed by atoms with Crippen LogP contribution in [0.2, 0.25) is 0 Å². The van der Waals surface area contributed by atoms with E-state index >= 15 is 0 Å². The molecule has 1 aliphatic heterocycles. The summed E-state index contributed by atoms with van der Waals surface area (Å²) in [5, 5.41) is 0.558. The molecule has 4 aromatic rings. The normalized spacial score (nSPS) is 17.1. The van der Waals surface area contributed by atoms with Gasteiger partial charge in [-0.3, -0.25) is 19.1 Å². The van der Waals surface area contributed by atoms with E-state index in [-0.39, 0.29) is 23.6 Å². The highest BCUT2D eigenvalue weighted by atomic mass is 79.9. The molecule has 2 unspecified atom stereocenters. The molecule has 0 bridgehead atoms. The number of fused-ring (bicyclic) bond motifs is 1. The van der Waals surface area contributed by atoms with E-state index in [9.17, 15) is 9.59 Å². The summed E-state index contributed by atoms with van der Waals surface area (Å²) in [6.07, 6.45) is 0. The Kier molecular flexibility index (Phi) is 7.13. The molecular formula is C29H29BrN4O3. The fourth-order valence-corrected chi connectivity index (χ4v) is 5.47. The lowest BCUT2D eigenvalue weighted by Gasteiger charge is -2.42. The summed E-state index contributed by atoms with van der Waals surface area (Å²) < 4.78 is 8.17. The number of halogens is 1. The summed E-state index contributed by atoms with van der Waals surface area (Å²) in [6.45, 7) is 6.05. The zero-order valence-electron chi connectivity index (χ0n) is 21.1. The smallest absolute Gasteiger partial charge is 0.266 e. The van der Waals surface area contributed by atoms with Crippen molar-refractivity contribution < 1.29 is 9.53 Å². The zero-order valence-corrected chi connectivity index (χ0v) is 22.7. The lowest BCUT2D eigenvalue weighted by molar-refractivity contribution is 0.0394. The van der Waals surface area contributed by atoms with Crippen LogP contribution in [-0.2, 0) is 0 Å². The first kappa shape index (κ1) is 25.2. The fraction of sp³-hybridized carbons (Fsp3) is 0.276. The van der Waals surface area contributed by atoms with Crippen LogP contribution in [0.1, 0.15) is 36.1 Å². The van der Waals surface area contributed by atoms with E-state index < -0.39 is 0 Å². The van der Waals surface area contributed by atoms with Gasteiger partial charge in [0.2, 0.25) is 0 Å². The van der Waals surface area contributed by atoms with Gasteiger partial charge in [0.15, 0.2) is 0 Å².